The number of benzene rings is 14. The zero-order chi connectivity index (χ0) is 62.8. The summed E-state index contributed by atoms with van der Waals surface area (Å²) in [6.45, 7) is 0. The number of hydrogen-bond acceptors (Lipinski definition) is 3. The SMILES string of the molecule is c1ccc(C2c3ccccc3-n3c4ccccc4c4cc(-c5nc(-c6cc7c8c(c6)c6ccccc6n8-c6ccccc6C7(c6ccccc6)c6ccccc6)nc(-c6cc7c8c(c6)c6ccccc6n8-c6ccccc6C7(c6ccccc6)c6ccccc6)n5)cc2c43)cc1. The van der Waals surface area contributed by atoms with E-state index in [2.05, 4.69) is 347 Å². The van der Waals surface area contributed by atoms with Crippen LogP contribution in [-0.4, -0.2) is 28.7 Å². The number of hydrogen-bond donors (Lipinski definition) is 0. The highest BCUT2D eigenvalue weighted by atomic mass is 15.1. The van der Waals surface area contributed by atoms with Gasteiger partial charge in [-0.1, -0.05) is 261 Å². The molecule has 0 aliphatic carbocycles. The predicted octanol–water partition coefficient (Wildman–Crippen LogP) is 21.0. The van der Waals surface area contributed by atoms with E-state index < -0.39 is 10.8 Å². The van der Waals surface area contributed by atoms with E-state index in [1.807, 2.05) is 0 Å². The lowest BCUT2D eigenvalue weighted by atomic mass is 9.63. The maximum atomic E-state index is 5.97. The smallest absolute Gasteiger partial charge is 0.164 e. The Balaban J connectivity index is 0.915. The summed E-state index contributed by atoms with van der Waals surface area (Å²) in [6.07, 6.45) is 0. The van der Waals surface area contributed by atoms with Crippen molar-refractivity contribution in [1.29, 1.82) is 0 Å². The molecule has 0 spiro atoms. The monoisotopic (exact) mass is 1220 g/mol. The highest BCUT2D eigenvalue weighted by molar-refractivity contribution is 6.16. The lowest BCUT2D eigenvalue weighted by molar-refractivity contribution is 0.727. The van der Waals surface area contributed by atoms with Crippen LogP contribution < -0.4 is 0 Å². The Morgan fingerprint density at radius 1 is 0.240 bits per heavy atom. The molecule has 6 heteroatoms. The predicted molar refractivity (Wildman–Crippen MR) is 390 cm³/mol. The fraction of sp³-hybridized carbons (Fsp3) is 0.0333. The second-order valence-corrected chi connectivity index (χ2v) is 26.1. The van der Waals surface area contributed by atoms with Crippen molar-refractivity contribution in [1.82, 2.24) is 28.7 Å². The van der Waals surface area contributed by atoms with Gasteiger partial charge in [-0.15, -0.1) is 0 Å². The minimum Gasteiger partial charge on any atom is -0.309 e. The van der Waals surface area contributed by atoms with Crippen LogP contribution in [0.4, 0.5) is 0 Å². The number of nitrogens with zero attached hydrogens (tertiary/aromatic N) is 6. The fourth-order valence-corrected chi connectivity index (χ4v) is 17.7. The molecule has 0 saturated carbocycles. The van der Waals surface area contributed by atoms with E-state index in [0.717, 1.165) is 93.7 Å². The zero-order valence-corrected chi connectivity index (χ0v) is 52.0. The Kier molecular flexibility index (Phi) is 11.1. The average molecular weight is 1220 g/mol. The van der Waals surface area contributed by atoms with Crippen molar-refractivity contribution in [2.24, 2.45) is 0 Å². The first-order chi connectivity index (χ1) is 47.6. The van der Waals surface area contributed by atoms with Crippen LogP contribution in [0, 0.1) is 0 Å². The summed E-state index contributed by atoms with van der Waals surface area (Å²) in [5.41, 5.74) is 24.7. The molecule has 0 amide bonds. The summed E-state index contributed by atoms with van der Waals surface area (Å²) >= 11 is 0. The van der Waals surface area contributed by atoms with Crippen molar-refractivity contribution in [2.45, 2.75) is 16.7 Å². The van der Waals surface area contributed by atoms with Crippen molar-refractivity contribution in [2.75, 3.05) is 0 Å². The van der Waals surface area contributed by atoms with E-state index >= 15 is 0 Å². The van der Waals surface area contributed by atoms with Gasteiger partial charge in [0.15, 0.2) is 17.5 Å². The number of fused-ring (bicyclic) bond motifs is 15. The first-order valence-corrected chi connectivity index (χ1v) is 33.2. The third-order valence-electron chi connectivity index (χ3n) is 21.4. The molecule has 3 aliphatic heterocycles. The van der Waals surface area contributed by atoms with Gasteiger partial charge in [0.2, 0.25) is 0 Å². The molecule has 0 bridgehead atoms. The van der Waals surface area contributed by atoms with Gasteiger partial charge in [-0.05, 0) is 134 Å². The Bertz CT molecular complexity index is 5910. The number of aromatic nitrogens is 6. The fourth-order valence-electron chi connectivity index (χ4n) is 17.7. The van der Waals surface area contributed by atoms with Crippen molar-refractivity contribution in [3.8, 4) is 51.2 Å². The van der Waals surface area contributed by atoms with Crippen molar-refractivity contribution < 1.29 is 0 Å². The van der Waals surface area contributed by atoms with Crippen LogP contribution in [0.15, 0.2) is 334 Å². The van der Waals surface area contributed by atoms with Gasteiger partial charge in [0.25, 0.3) is 0 Å². The van der Waals surface area contributed by atoms with E-state index in [1.54, 1.807) is 0 Å². The van der Waals surface area contributed by atoms with Gasteiger partial charge < -0.3 is 13.7 Å². The van der Waals surface area contributed by atoms with Crippen LogP contribution in [0.3, 0.4) is 0 Å². The first kappa shape index (κ1) is 53.0. The lowest BCUT2D eigenvalue weighted by Crippen LogP contribution is -2.35. The third-order valence-corrected chi connectivity index (χ3v) is 21.4. The van der Waals surface area contributed by atoms with Crippen LogP contribution in [0.5, 0.6) is 0 Å². The summed E-state index contributed by atoms with van der Waals surface area (Å²) < 4.78 is 7.51. The minimum absolute atomic E-state index is 0.0814. The zero-order valence-electron chi connectivity index (χ0n) is 52.0. The summed E-state index contributed by atoms with van der Waals surface area (Å²) in [6, 6.07) is 124. The molecule has 7 heterocycles. The van der Waals surface area contributed by atoms with E-state index in [4.69, 9.17) is 15.0 Å². The molecule has 3 aliphatic rings. The quantitative estimate of drug-likeness (QED) is 0.152. The standard InChI is InChI=1S/C90H56N6/c1-6-28-56(29-7-1)82-67-41-19-25-47-79(67)94-76-44-22-16-38-64(76)68-50-57(53-71(82)83(68)94)86-91-87(58-51-69-65-39-17-23-45-77(65)95-80-48-26-20-42-72(80)89(74(54-58)84(69)95,60-30-8-2-9-31-60)61-32-10-3-11-33-61)93-88(92-86)59-52-70-66-40-18-24-46-78(66)96-81-49-27-21-43-73(81)90(75(55-59)85(70)96,62-34-12-4-13-35-62)63-36-14-5-15-37-63/h1-55,82H. The molecule has 0 saturated heterocycles. The van der Waals surface area contributed by atoms with Gasteiger partial charge in [-0.2, -0.15) is 0 Å². The minimum atomic E-state index is -0.766. The van der Waals surface area contributed by atoms with E-state index in [1.165, 1.54) is 66.7 Å². The van der Waals surface area contributed by atoms with E-state index in [0.29, 0.717) is 17.5 Å². The maximum Gasteiger partial charge on any atom is 0.164 e. The summed E-state index contributed by atoms with van der Waals surface area (Å²) in [5.74, 6) is 1.67. The Hall–Kier alpha value is -12.5. The van der Waals surface area contributed by atoms with Crippen LogP contribution in [0.2, 0.25) is 0 Å². The highest BCUT2D eigenvalue weighted by Crippen LogP contribution is 2.58. The molecule has 21 rings (SSSR count). The molecule has 6 nitrogen and oxygen atoms in total. The molecular weight excluding hydrogens is 1170 g/mol. The van der Waals surface area contributed by atoms with Crippen molar-refractivity contribution in [3.63, 3.8) is 0 Å². The molecular formula is C90H56N6. The van der Waals surface area contributed by atoms with Crippen LogP contribution in [-0.2, 0) is 10.8 Å². The maximum absolute atomic E-state index is 5.97. The molecule has 0 N–H and O–H groups in total. The van der Waals surface area contributed by atoms with Gasteiger partial charge >= 0.3 is 0 Å². The molecule has 18 aromatic rings. The second kappa shape index (κ2) is 20.0. The number of para-hydroxylation sites is 6. The molecule has 0 radical (unpaired) electrons. The second-order valence-electron chi connectivity index (χ2n) is 26.1. The molecule has 0 fully saturated rings. The lowest BCUT2D eigenvalue weighted by Gasteiger charge is -2.42. The van der Waals surface area contributed by atoms with Crippen LogP contribution in [0.25, 0.3) is 117 Å². The summed E-state index contributed by atoms with van der Waals surface area (Å²) in [4.78, 5) is 17.8. The van der Waals surface area contributed by atoms with Crippen LogP contribution in [0.1, 0.15) is 67.1 Å². The topological polar surface area (TPSA) is 53.5 Å². The Morgan fingerprint density at radius 2 is 0.562 bits per heavy atom. The van der Waals surface area contributed by atoms with E-state index in [9.17, 15) is 0 Å². The molecule has 446 valence electrons. The highest BCUT2D eigenvalue weighted by Gasteiger charge is 2.48. The largest absolute Gasteiger partial charge is 0.309 e. The Morgan fingerprint density at radius 3 is 0.990 bits per heavy atom. The van der Waals surface area contributed by atoms with Gasteiger partial charge in [-0.25, -0.2) is 15.0 Å². The van der Waals surface area contributed by atoms with Gasteiger partial charge in [0.05, 0.1) is 61.0 Å². The molecule has 4 aromatic heterocycles. The third kappa shape index (κ3) is 7.06. The molecule has 14 aromatic carbocycles. The first-order valence-electron chi connectivity index (χ1n) is 33.2. The summed E-state index contributed by atoms with van der Waals surface area (Å²) in [7, 11) is 0. The normalized spacial score (nSPS) is 14.5. The van der Waals surface area contributed by atoms with Gasteiger partial charge in [0, 0.05) is 54.9 Å². The molecule has 96 heavy (non-hydrogen) atoms. The Labute approximate surface area is 553 Å². The van der Waals surface area contributed by atoms with Gasteiger partial charge in [-0.3, -0.25) is 0 Å². The van der Waals surface area contributed by atoms with Crippen molar-refractivity contribution >= 4 is 65.4 Å². The van der Waals surface area contributed by atoms with E-state index in [-0.39, 0.29) is 5.92 Å². The average Bonchev–Trinajstić information content (AvgIpc) is 1.42. The molecule has 1 atom stereocenters. The van der Waals surface area contributed by atoms with Crippen molar-refractivity contribution in [3.05, 3.63) is 395 Å². The van der Waals surface area contributed by atoms with Gasteiger partial charge in [0.1, 0.15) is 0 Å². The molecule has 1 unspecified atom stereocenters. The number of rotatable bonds is 8. The van der Waals surface area contributed by atoms with Crippen LogP contribution >= 0.6 is 0 Å². The summed E-state index contributed by atoms with van der Waals surface area (Å²) in [5, 5.41) is 6.89.